The molecular weight excluding hydrogens is 231 g/mol. The topological polar surface area (TPSA) is 43.4 Å². The van der Waals surface area contributed by atoms with E-state index in [4.69, 9.17) is 4.18 Å². The maximum Gasteiger partial charge on any atom is 0.264 e. The molecule has 0 spiro atoms. The van der Waals surface area contributed by atoms with Crippen LogP contribution in [0.5, 0.6) is 0 Å². The monoisotopic (exact) mass is 252 g/mol. The number of rotatable bonds is 2. The van der Waals surface area contributed by atoms with Crippen LogP contribution in [0, 0.1) is 11.3 Å². The summed E-state index contributed by atoms with van der Waals surface area (Å²) >= 11 is 0. The van der Waals surface area contributed by atoms with E-state index in [1.165, 1.54) is 0 Å². The van der Waals surface area contributed by atoms with Crippen LogP contribution in [-0.4, -0.2) is 26.9 Å². The van der Waals surface area contributed by atoms with Gasteiger partial charge >= 0.3 is 0 Å². The summed E-state index contributed by atoms with van der Waals surface area (Å²) < 4.78 is 40.4. The van der Waals surface area contributed by atoms with Crippen molar-refractivity contribution in [2.45, 2.75) is 52.3 Å². The van der Waals surface area contributed by atoms with Crippen LogP contribution >= 0.6 is 0 Å². The van der Waals surface area contributed by atoms with Gasteiger partial charge in [0, 0.05) is 0 Å². The first-order valence-electron chi connectivity index (χ1n) is 5.62. The van der Waals surface area contributed by atoms with Gasteiger partial charge in [0.2, 0.25) is 0 Å². The van der Waals surface area contributed by atoms with Crippen LogP contribution in [0.25, 0.3) is 0 Å². The van der Waals surface area contributed by atoms with Crippen LogP contribution in [0.1, 0.15) is 40.0 Å². The van der Waals surface area contributed by atoms with Gasteiger partial charge in [-0.05, 0) is 30.6 Å². The van der Waals surface area contributed by atoms with Crippen molar-refractivity contribution in [2.75, 3.05) is 6.26 Å². The summed E-state index contributed by atoms with van der Waals surface area (Å²) in [6.45, 7) is 6.26. The predicted octanol–water partition coefficient (Wildman–Crippen LogP) is 2.52. The number of halogens is 1. The van der Waals surface area contributed by atoms with Crippen molar-refractivity contribution in [1.82, 2.24) is 0 Å². The molecule has 1 aliphatic rings. The Morgan fingerprint density at radius 2 is 1.81 bits per heavy atom. The number of hydrogen-bond donors (Lipinski definition) is 0. The summed E-state index contributed by atoms with van der Waals surface area (Å²) in [4.78, 5) is 0. The Bertz CT molecular complexity index is 332. The third kappa shape index (κ3) is 4.01. The van der Waals surface area contributed by atoms with Gasteiger partial charge in [-0.1, -0.05) is 20.8 Å². The molecule has 0 N–H and O–H groups in total. The lowest BCUT2D eigenvalue weighted by Gasteiger charge is -2.38. The molecule has 5 heteroatoms. The number of alkyl halides is 1. The molecule has 3 atom stereocenters. The minimum absolute atomic E-state index is 0.0698. The average molecular weight is 252 g/mol. The Balaban J connectivity index is 2.60. The first kappa shape index (κ1) is 13.9. The minimum atomic E-state index is -3.55. The van der Waals surface area contributed by atoms with Crippen molar-refractivity contribution in [1.29, 1.82) is 0 Å². The van der Waals surface area contributed by atoms with E-state index in [2.05, 4.69) is 20.8 Å². The predicted molar refractivity (Wildman–Crippen MR) is 61.4 cm³/mol. The second-order valence-corrected chi connectivity index (χ2v) is 7.33. The maximum absolute atomic E-state index is 13.8. The van der Waals surface area contributed by atoms with Crippen LogP contribution in [0.15, 0.2) is 0 Å². The van der Waals surface area contributed by atoms with Crippen molar-refractivity contribution >= 4 is 10.1 Å². The Morgan fingerprint density at radius 3 is 2.19 bits per heavy atom. The zero-order valence-corrected chi connectivity index (χ0v) is 11.2. The van der Waals surface area contributed by atoms with Crippen molar-refractivity contribution in [3.05, 3.63) is 0 Å². The number of hydrogen-bond acceptors (Lipinski definition) is 3. The summed E-state index contributed by atoms with van der Waals surface area (Å²) in [6.07, 6.45) is 0.709. The van der Waals surface area contributed by atoms with E-state index in [1.54, 1.807) is 0 Å². The van der Waals surface area contributed by atoms with Crippen LogP contribution < -0.4 is 0 Å². The fraction of sp³-hybridized carbons (Fsp3) is 1.00. The SMILES string of the molecule is CC(C)(C)[C@H]1CC[C@H](OS(C)(=O)=O)[C@H](F)C1. The molecular formula is C11H21FO3S. The second-order valence-electron chi connectivity index (χ2n) is 5.73. The Morgan fingerprint density at radius 1 is 1.25 bits per heavy atom. The van der Waals surface area contributed by atoms with Gasteiger partial charge in [0.15, 0.2) is 0 Å². The van der Waals surface area contributed by atoms with E-state index in [-0.39, 0.29) is 5.41 Å². The molecule has 1 aliphatic carbocycles. The molecule has 3 nitrogen and oxygen atoms in total. The molecule has 0 heterocycles. The summed E-state index contributed by atoms with van der Waals surface area (Å²) in [5.41, 5.74) is 0.0698. The van der Waals surface area contributed by atoms with Gasteiger partial charge in [0.25, 0.3) is 10.1 Å². The zero-order chi connectivity index (χ0) is 12.6. The van der Waals surface area contributed by atoms with E-state index in [0.717, 1.165) is 12.7 Å². The van der Waals surface area contributed by atoms with Crippen LogP contribution in [0.4, 0.5) is 4.39 Å². The standard InChI is InChI=1S/C11H21FO3S/c1-11(2,3)8-5-6-10(9(12)7-8)15-16(4,13)14/h8-10H,5-7H2,1-4H3/t8-,9+,10-/m0/s1. The maximum atomic E-state index is 13.8. The lowest BCUT2D eigenvalue weighted by molar-refractivity contribution is 0.0187. The summed E-state index contributed by atoms with van der Waals surface area (Å²) in [6, 6.07) is 0. The molecule has 1 rings (SSSR count). The third-order valence-electron chi connectivity index (χ3n) is 3.24. The van der Waals surface area contributed by atoms with Crippen LogP contribution in [-0.2, 0) is 14.3 Å². The first-order valence-corrected chi connectivity index (χ1v) is 7.43. The average Bonchev–Trinajstić information content (AvgIpc) is 2.04. The molecule has 0 aromatic heterocycles. The van der Waals surface area contributed by atoms with Crippen LogP contribution in [0.3, 0.4) is 0 Å². The summed E-state index contributed by atoms with van der Waals surface area (Å²) in [5, 5.41) is 0. The summed E-state index contributed by atoms with van der Waals surface area (Å²) in [7, 11) is -3.55. The molecule has 0 aliphatic heterocycles. The molecule has 96 valence electrons. The highest BCUT2D eigenvalue weighted by molar-refractivity contribution is 7.86. The summed E-state index contributed by atoms with van der Waals surface area (Å²) in [5.74, 6) is 0.293. The van der Waals surface area contributed by atoms with Gasteiger partial charge in [-0.25, -0.2) is 4.39 Å². The van der Waals surface area contributed by atoms with E-state index in [1.807, 2.05) is 0 Å². The highest BCUT2D eigenvalue weighted by Gasteiger charge is 2.37. The van der Waals surface area contributed by atoms with Gasteiger partial charge in [-0.2, -0.15) is 8.42 Å². The fourth-order valence-electron chi connectivity index (χ4n) is 2.21. The quantitative estimate of drug-likeness (QED) is 0.709. The molecule has 0 bridgehead atoms. The van der Waals surface area contributed by atoms with Crippen molar-refractivity contribution in [3.63, 3.8) is 0 Å². The first-order chi connectivity index (χ1) is 7.09. The smallest absolute Gasteiger partial charge is 0.264 e. The Hall–Kier alpha value is -0.160. The van der Waals surface area contributed by atoms with Gasteiger partial charge in [-0.15, -0.1) is 0 Å². The highest BCUT2D eigenvalue weighted by Crippen LogP contribution is 2.39. The lowest BCUT2D eigenvalue weighted by Crippen LogP contribution is -2.38. The molecule has 1 fully saturated rings. The highest BCUT2D eigenvalue weighted by atomic mass is 32.2. The molecule has 0 unspecified atom stereocenters. The largest absolute Gasteiger partial charge is 0.264 e. The third-order valence-corrected chi connectivity index (χ3v) is 3.83. The molecule has 0 amide bonds. The van der Waals surface area contributed by atoms with E-state index < -0.39 is 22.4 Å². The van der Waals surface area contributed by atoms with Gasteiger partial charge in [0.05, 0.1) is 6.26 Å². The normalized spacial score (nSPS) is 32.7. The van der Waals surface area contributed by atoms with E-state index in [0.29, 0.717) is 18.8 Å². The zero-order valence-electron chi connectivity index (χ0n) is 10.4. The van der Waals surface area contributed by atoms with Gasteiger partial charge < -0.3 is 0 Å². The van der Waals surface area contributed by atoms with Crippen molar-refractivity contribution in [3.8, 4) is 0 Å². The van der Waals surface area contributed by atoms with Gasteiger partial charge in [-0.3, -0.25) is 4.18 Å². The van der Waals surface area contributed by atoms with Crippen LogP contribution in [0.2, 0.25) is 0 Å². The molecule has 0 radical (unpaired) electrons. The molecule has 0 aromatic carbocycles. The Labute approximate surface area is 97.5 Å². The molecule has 16 heavy (non-hydrogen) atoms. The Kier molecular flexibility index (Phi) is 4.00. The molecule has 0 aromatic rings. The van der Waals surface area contributed by atoms with Crippen molar-refractivity contribution in [2.24, 2.45) is 11.3 Å². The van der Waals surface area contributed by atoms with Crippen molar-refractivity contribution < 1.29 is 17.0 Å². The van der Waals surface area contributed by atoms with E-state index in [9.17, 15) is 12.8 Å². The minimum Gasteiger partial charge on any atom is -0.264 e. The molecule has 0 saturated heterocycles. The lowest BCUT2D eigenvalue weighted by atomic mass is 9.71. The van der Waals surface area contributed by atoms with Gasteiger partial charge in [0.1, 0.15) is 12.3 Å². The van der Waals surface area contributed by atoms with E-state index >= 15 is 0 Å². The second kappa shape index (κ2) is 4.61. The molecule has 1 saturated carbocycles. The fourth-order valence-corrected chi connectivity index (χ4v) is 2.87.